The molecule has 1 aromatic carbocycles. The van der Waals surface area contributed by atoms with E-state index in [1.54, 1.807) is 18.3 Å². The number of pyridine rings is 1. The zero-order valence-electron chi connectivity index (χ0n) is 21.1. The molecule has 0 radical (unpaired) electrons. The molecule has 1 saturated carbocycles. The Hall–Kier alpha value is -2.74. The third kappa shape index (κ3) is 4.67. The number of carbonyl (C=O) groups is 1. The highest BCUT2D eigenvalue weighted by molar-refractivity contribution is 7.91. The number of benzene rings is 1. The summed E-state index contributed by atoms with van der Waals surface area (Å²) in [6.45, 7) is 10.5. The van der Waals surface area contributed by atoms with Gasteiger partial charge in [-0.25, -0.2) is 17.8 Å². The van der Waals surface area contributed by atoms with Crippen LogP contribution in [0.4, 0.5) is 15.9 Å². The molecule has 8 heteroatoms. The van der Waals surface area contributed by atoms with Crippen molar-refractivity contribution in [1.82, 2.24) is 4.98 Å². The average molecular weight is 513 g/mol. The maximum atomic E-state index is 14.0. The van der Waals surface area contributed by atoms with Crippen molar-refractivity contribution < 1.29 is 22.3 Å². The van der Waals surface area contributed by atoms with E-state index in [0.29, 0.717) is 49.2 Å². The lowest BCUT2D eigenvalue weighted by atomic mass is 9.77. The number of allylic oxidation sites excluding steroid dienone is 1. The van der Waals surface area contributed by atoms with Crippen molar-refractivity contribution in [2.24, 2.45) is 5.41 Å². The molecule has 2 aliphatic heterocycles. The molecule has 1 aromatic heterocycles. The van der Waals surface area contributed by atoms with Crippen LogP contribution in [0.25, 0.3) is 0 Å². The Morgan fingerprint density at radius 1 is 1.11 bits per heavy atom. The molecule has 0 amide bonds. The van der Waals surface area contributed by atoms with Crippen molar-refractivity contribution in [3.8, 4) is 5.75 Å². The fourth-order valence-corrected chi connectivity index (χ4v) is 6.86. The molecule has 2 aromatic rings. The number of rotatable bonds is 7. The smallest absolute Gasteiger partial charge is 0.163 e. The summed E-state index contributed by atoms with van der Waals surface area (Å²) in [6.07, 6.45) is 4.06. The van der Waals surface area contributed by atoms with E-state index in [0.717, 1.165) is 16.9 Å². The van der Waals surface area contributed by atoms with Crippen molar-refractivity contribution in [2.75, 3.05) is 23.0 Å². The van der Waals surface area contributed by atoms with E-state index in [1.165, 1.54) is 0 Å². The molecule has 2 fully saturated rings. The van der Waals surface area contributed by atoms with Crippen molar-refractivity contribution in [3.63, 3.8) is 0 Å². The summed E-state index contributed by atoms with van der Waals surface area (Å²) < 4.78 is 43.4. The van der Waals surface area contributed by atoms with E-state index >= 15 is 0 Å². The van der Waals surface area contributed by atoms with E-state index in [4.69, 9.17) is 4.74 Å². The first-order chi connectivity index (χ1) is 16.8. The number of sulfone groups is 1. The molecule has 1 saturated heterocycles. The number of ether oxygens (including phenoxy) is 1. The van der Waals surface area contributed by atoms with Gasteiger partial charge in [-0.1, -0.05) is 27.4 Å². The van der Waals surface area contributed by atoms with E-state index in [9.17, 15) is 17.6 Å². The molecule has 0 bridgehead atoms. The maximum Gasteiger partial charge on any atom is 0.163 e. The molecule has 0 spiro atoms. The lowest BCUT2D eigenvalue weighted by Crippen LogP contribution is -2.33. The van der Waals surface area contributed by atoms with E-state index < -0.39 is 20.9 Å². The first-order valence-electron chi connectivity index (χ1n) is 12.5. The number of fused-ring (bicyclic) bond motifs is 1. The Balaban J connectivity index is 1.39. The lowest BCUT2D eigenvalue weighted by Gasteiger charge is -2.32. The average Bonchev–Trinajstić information content (AvgIpc) is 3.53. The second kappa shape index (κ2) is 8.40. The summed E-state index contributed by atoms with van der Waals surface area (Å²) in [7, 11) is -2.99. The van der Waals surface area contributed by atoms with E-state index in [1.807, 2.05) is 30.0 Å². The van der Waals surface area contributed by atoms with Gasteiger partial charge < -0.3 is 4.74 Å². The highest BCUT2D eigenvalue weighted by Gasteiger charge is 2.44. The molecule has 0 N–H and O–H groups in total. The Morgan fingerprint density at radius 3 is 2.47 bits per heavy atom. The van der Waals surface area contributed by atoms with Gasteiger partial charge in [0.15, 0.2) is 5.78 Å². The Morgan fingerprint density at radius 2 is 1.81 bits per heavy atom. The van der Waals surface area contributed by atoms with Gasteiger partial charge in [0.2, 0.25) is 0 Å². The molecule has 3 heterocycles. The fraction of sp³-hybridized carbons (Fsp3) is 0.500. The van der Waals surface area contributed by atoms with Gasteiger partial charge in [-0.3, -0.25) is 9.69 Å². The Bertz CT molecular complexity index is 1330. The monoisotopic (exact) mass is 512 g/mol. The maximum absolute atomic E-state index is 14.0. The normalized spacial score (nSPS) is 22.7. The molecule has 192 valence electrons. The van der Waals surface area contributed by atoms with Crippen molar-refractivity contribution in [2.45, 2.75) is 64.0 Å². The predicted molar refractivity (Wildman–Crippen MR) is 138 cm³/mol. The van der Waals surface area contributed by atoms with Crippen LogP contribution in [0.3, 0.4) is 0 Å². The largest absolute Gasteiger partial charge is 0.490 e. The molecule has 0 atom stereocenters. The van der Waals surface area contributed by atoms with Crippen LogP contribution < -0.4 is 9.64 Å². The van der Waals surface area contributed by atoms with Gasteiger partial charge in [-0.2, -0.15) is 0 Å². The number of hydrogen-bond donors (Lipinski definition) is 0. The van der Waals surface area contributed by atoms with Gasteiger partial charge in [0.1, 0.15) is 33.7 Å². The van der Waals surface area contributed by atoms with Crippen LogP contribution in [0.15, 0.2) is 48.8 Å². The minimum absolute atomic E-state index is 0.0215. The summed E-state index contributed by atoms with van der Waals surface area (Å²) in [5, 5.41) is 0. The van der Waals surface area contributed by atoms with Gasteiger partial charge >= 0.3 is 0 Å². The molecular weight excluding hydrogens is 479 g/mol. The minimum atomic E-state index is -2.99. The van der Waals surface area contributed by atoms with Gasteiger partial charge in [0.05, 0.1) is 17.2 Å². The summed E-state index contributed by atoms with van der Waals surface area (Å²) in [5.74, 6) is 1.49. The quantitative estimate of drug-likeness (QED) is 0.444. The highest BCUT2D eigenvalue weighted by atomic mass is 32.2. The molecule has 6 nitrogen and oxygen atoms in total. The van der Waals surface area contributed by atoms with Crippen molar-refractivity contribution >= 4 is 27.1 Å². The number of Topliss-reactive ketones (excluding diaryl/α,β-unsaturated/α-hetero) is 1. The minimum Gasteiger partial charge on any atom is -0.490 e. The second-order valence-electron chi connectivity index (χ2n) is 11.5. The number of aromatic nitrogens is 1. The van der Waals surface area contributed by atoms with Gasteiger partial charge in [-0.15, -0.1) is 0 Å². The third-order valence-electron chi connectivity index (χ3n) is 8.08. The molecule has 5 rings (SSSR count). The number of halogens is 1. The van der Waals surface area contributed by atoms with Crippen LogP contribution in [0.5, 0.6) is 5.75 Å². The van der Waals surface area contributed by atoms with Gasteiger partial charge in [0.25, 0.3) is 0 Å². The van der Waals surface area contributed by atoms with Crippen molar-refractivity contribution in [1.29, 1.82) is 0 Å². The highest BCUT2D eigenvalue weighted by Crippen LogP contribution is 2.51. The summed E-state index contributed by atoms with van der Waals surface area (Å²) >= 11 is 0. The molecule has 1 aliphatic carbocycles. The van der Waals surface area contributed by atoms with Crippen LogP contribution in [0.2, 0.25) is 0 Å². The molecule has 3 aliphatic rings. The summed E-state index contributed by atoms with van der Waals surface area (Å²) in [5.41, 5.74) is 1.35. The zero-order valence-corrected chi connectivity index (χ0v) is 22.0. The Kier molecular flexibility index (Phi) is 5.82. The fourth-order valence-electron chi connectivity index (χ4n) is 5.05. The SMILES string of the molecule is C=C1N(c2cc(OCC3(F)CC3)ccn2)c2ccc(C(=O)CC3(C)CCS(=O)(=O)CC3)cc2C1(C)C. The van der Waals surface area contributed by atoms with Crippen LogP contribution in [0.1, 0.15) is 68.8 Å². The van der Waals surface area contributed by atoms with Gasteiger partial charge in [0, 0.05) is 35.4 Å². The number of ketones is 1. The summed E-state index contributed by atoms with van der Waals surface area (Å²) in [6, 6.07) is 9.20. The molecule has 36 heavy (non-hydrogen) atoms. The first kappa shape index (κ1) is 24.9. The number of alkyl halides is 1. The summed E-state index contributed by atoms with van der Waals surface area (Å²) in [4.78, 5) is 19.8. The first-order valence-corrected chi connectivity index (χ1v) is 14.3. The Labute approximate surface area is 212 Å². The van der Waals surface area contributed by atoms with E-state index in [-0.39, 0.29) is 29.3 Å². The topological polar surface area (TPSA) is 76.6 Å². The van der Waals surface area contributed by atoms with Crippen molar-refractivity contribution in [3.05, 3.63) is 59.9 Å². The second-order valence-corrected chi connectivity index (χ2v) is 13.8. The van der Waals surface area contributed by atoms with Crippen LogP contribution in [-0.4, -0.2) is 43.0 Å². The number of hydrogen-bond acceptors (Lipinski definition) is 6. The standard InChI is InChI=1S/C28H33FN2O4S/c1-19-26(2,3)22-15-20(24(32)17-27(4)10-13-36(33,34)14-11-27)5-6-23(22)31(19)25-16-21(7-12-30-25)35-18-28(29)8-9-28/h5-7,12,15-16H,1,8-11,13-14,17-18H2,2-4H3. The number of carbonyl (C=O) groups excluding carboxylic acids is 1. The van der Waals surface area contributed by atoms with Crippen LogP contribution in [-0.2, 0) is 15.3 Å². The molecule has 0 unspecified atom stereocenters. The zero-order chi connectivity index (χ0) is 25.9. The lowest BCUT2D eigenvalue weighted by molar-refractivity contribution is 0.0911. The third-order valence-corrected chi connectivity index (χ3v) is 9.73. The van der Waals surface area contributed by atoms with Crippen LogP contribution in [0, 0.1) is 5.41 Å². The van der Waals surface area contributed by atoms with E-state index in [2.05, 4.69) is 25.4 Å². The van der Waals surface area contributed by atoms with Gasteiger partial charge in [-0.05, 0) is 60.9 Å². The number of anilines is 2. The number of nitrogens with zero attached hydrogens (tertiary/aromatic N) is 2. The van der Waals surface area contributed by atoms with Crippen LogP contribution >= 0.6 is 0 Å². The predicted octanol–water partition coefficient (Wildman–Crippen LogP) is 5.69. The molecular formula is C28H33FN2O4S.